The lowest BCUT2D eigenvalue weighted by atomic mass is 9.83. The highest BCUT2D eigenvalue weighted by molar-refractivity contribution is 5.88. The van der Waals surface area contributed by atoms with Gasteiger partial charge in [0.25, 0.3) is 0 Å². The largest absolute Gasteiger partial charge is 0.496 e. The lowest BCUT2D eigenvalue weighted by Crippen LogP contribution is -2.43. The molecule has 0 aromatic heterocycles. The molecule has 0 saturated carbocycles. The van der Waals surface area contributed by atoms with Crippen molar-refractivity contribution < 1.29 is 14.6 Å². The Morgan fingerprint density at radius 3 is 2.76 bits per heavy atom. The molecule has 0 radical (unpaired) electrons. The van der Waals surface area contributed by atoms with Gasteiger partial charge < -0.3 is 20.5 Å². The molecule has 1 amide bonds. The Hall–Kier alpha value is -1.59. The number of methoxy groups -OCH3 is 1. The van der Waals surface area contributed by atoms with E-state index < -0.39 is 5.41 Å². The van der Waals surface area contributed by atoms with E-state index in [1.54, 1.807) is 7.11 Å². The number of benzene rings is 1. The Balaban J connectivity index is 2.06. The van der Waals surface area contributed by atoms with Crippen LogP contribution < -0.4 is 15.4 Å². The van der Waals surface area contributed by atoms with Crippen LogP contribution in [0.2, 0.25) is 0 Å². The van der Waals surface area contributed by atoms with Crippen molar-refractivity contribution in [1.29, 1.82) is 0 Å². The Labute approximate surface area is 125 Å². The lowest BCUT2D eigenvalue weighted by Gasteiger charge is -2.27. The molecular formula is C16H24N2O3. The summed E-state index contributed by atoms with van der Waals surface area (Å²) in [5.74, 6) is 0.716. The van der Waals surface area contributed by atoms with Crippen molar-refractivity contribution in [3.63, 3.8) is 0 Å². The summed E-state index contributed by atoms with van der Waals surface area (Å²) in [5, 5.41) is 15.8. The van der Waals surface area contributed by atoms with E-state index in [1.165, 1.54) is 0 Å². The molecule has 3 N–H and O–H groups in total. The second-order valence-corrected chi connectivity index (χ2v) is 6.02. The highest BCUT2D eigenvalue weighted by Crippen LogP contribution is 2.31. The van der Waals surface area contributed by atoms with Crippen LogP contribution in [-0.4, -0.2) is 43.9 Å². The molecule has 5 nitrogen and oxygen atoms in total. The first-order valence-electron chi connectivity index (χ1n) is 7.27. The molecule has 1 aliphatic heterocycles. The van der Waals surface area contributed by atoms with E-state index in [2.05, 4.69) is 10.6 Å². The summed E-state index contributed by atoms with van der Waals surface area (Å²) in [6, 6.07) is 7.55. The van der Waals surface area contributed by atoms with Gasteiger partial charge in [0.15, 0.2) is 0 Å². The Morgan fingerprint density at radius 2 is 2.14 bits per heavy atom. The minimum atomic E-state index is -0.691. The lowest BCUT2D eigenvalue weighted by molar-refractivity contribution is -0.126. The van der Waals surface area contributed by atoms with Crippen molar-refractivity contribution in [2.45, 2.75) is 25.4 Å². The number of carbonyl (C=O) groups is 1. The highest BCUT2D eigenvalue weighted by atomic mass is 16.5. The molecule has 0 aliphatic carbocycles. The number of hydrogen-bond donors (Lipinski definition) is 3. The molecule has 1 aliphatic rings. The van der Waals surface area contributed by atoms with Crippen molar-refractivity contribution in [2.24, 2.45) is 5.92 Å². The molecule has 116 valence electrons. The number of para-hydroxylation sites is 1. The van der Waals surface area contributed by atoms with Crippen molar-refractivity contribution in [3.05, 3.63) is 29.8 Å². The molecule has 1 aromatic rings. The van der Waals surface area contributed by atoms with Crippen LogP contribution in [0.4, 0.5) is 0 Å². The predicted molar refractivity (Wildman–Crippen MR) is 81.4 cm³/mol. The standard InChI is InChI=1S/C16H24N2O3/c1-16(2,12-6-4-5-7-14(12)21-3)15(20)18-9-11-8-17-10-13(11)19/h4-7,11,13,17,19H,8-10H2,1-3H3,(H,18,20). The van der Waals surface area contributed by atoms with Crippen LogP contribution in [0.15, 0.2) is 24.3 Å². The third kappa shape index (κ3) is 3.36. The van der Waals surface area contributed by atoms with Gasteiger partial charge in [0.1, 0.15) is 5.75 Å². The Bertz CT molecular complexity index is 502. The molecule has 2 unspecified atom stereocenters. The van der Waals surface area contributed by atoms with Crippen LogP contribution in [0.5, 0.6) is 5.75 Å². The second-order valence-electron chi connectivity index (χ2n) is 6.02. The molecule has 5 heteroatoms. The molecule has 21 heavy (non-hydrogen) atoms. The maximum absolute atomic E-state index is 12.5. The van der Waals surface area contributed by atoms with Crippen molar-refractivity contribution >= 4 is 5.91 Å². The maximum atomic E-state index is 12.5. The summed E-state index contributed by atoms with van der Waals surface area (Å²) in [6.45, 7) is 5.56. The van der Waals surface area contributed by atoms with E-state index in [9.17, 15) is 9.90 Å². The van der Waals surface area contributed by atoms with E-state index in [0.29, 0.717) is 18.8 Å². The molecule has 0 bridgehead atoms. The van der Waals surface area contributed by atoms with Crippen LogP contribution >= 0.6 is 0 Å². The fourth-order valence-corrected chi connectivity index (χ4v) is 2.66. The zero-order chi connectivity index (χ0) is 15.5. The smallest absolute Gasteiger partial charge is 0.230 e. The minimum Gasteiger partial charge on any atom is -0.496 e. The van der Waals surface area contributed by atoms with Gasteiger partial charge in [-0.2, -0.15) is 0 Å². The van der Waals surface area contributed by atoms with Gasteiger partial charge in [-0.15, -0.1) is 0 Å². The van der Waals surface area contributed by atoms with Crippen molar-refractivity contribution in [2.75, 3.05) is 26.7 Å². The number of carbonyl (C=O) groups excluding carboxylic acids is 1. The summed E-state index contributed by atoms with van der Waals surface area (Å²) in [7, 11) is 1.60. The van der Waals surface area contributed by atoms with Crippen LogP contribution in [0, 0.1) is 5.92 Å². The zero-order valence-corrected chi connectivity index (χ0v) is 12.8. The number of hydrogen-bond acceptors (Lipinski definition) is 4. The Kier molecular flexibility index (Phi) is 4.85. The van der Waals surface area contributed by atoms with Gasteiger partial charge in [0.05, 0.1) is 18.6 Å². The number of aliphatic hydroxyl groups excluding tert-OH is 1. The first-order valence-corrected chi connectivity index (χ1v) is 7.27. The predicted octanol–water partition coefficient (Wildman–Crippen LogP) is 0.669. The summed E-state index contributed by atoms with van der Waals surface area (Å²) >= 11 is 0. The molecule has 2 rings (SSSR count). The third-order valence-corrected chi connectivity index (χ3v) is 4.18. The molecule has 1 aromatic carbocycles. The van der Waals surface area contributed by atoms with Gasteiger partial charge in [-0.3, -0.25) is 4.79 Å². The zero-order valence-electron chi connectivity index (χ0n) is 12.8. The molecule has 0 spiro atoms. The van der Waals surface area contributed by atoms with Crippen LogP contribution in [0.25, 0.3) is 0 Å². The minimum absolute atomic E-state index is 0.0638. The number of amides is 1. The fourth-order valence-electron chi connectivity index (χ4n) is 2.66. The number of aliphatic hydroxyl groups is 1. The SMILES string of the molecule is COc1ccccc1C(C)(C)C(=O)NCC1CNCC1O. The molecular weight excluding hydrogens is 268 g/mol. The summed E-state index contributed by atoms with van der Waals surface area (Å²) in [5.41, 5.74) is 0.166. The Morgan fingerprint density at radius 1 is 1.43 bits per heavy atom. The quantitative estimate of drug-likeness (QED) is 0.746. The van der Waals surface area contributed by atoms with Gasteiger partial charge >= 0.3 is 0 Å². The van der Waals surface area contributed by atoms with Crippen LogP contribution in [-0.2, 0) is 10.2 Å². The van der Waals surface area contributed by atoms with E-state index in [0.717, 1.165) is 12.1 Å². The third-order valence-electron chi connectivity index (χ3n) is 4.18. The van der Waals surface area contributed by atoms with Gasteiger partial charge in [0, 0.05) is 31.1 Å². The fraction of sp³-hybridized carbons (Fsp3) is 0.562. The maximum Gasteiger partial charge on any atom is 0.230 e. The van der Waals surface area contributed by atoms with Gasteiger partial charge in [0.2, 0.25) is 5.91 Å². The van der Waals surface area contributed by atoms with E-state index in [1.807, 2.05) is 38.1 Å². The monoisotopic (exact) mass is 292 g/mol. The van der Waals surface area contributed by atoms with Gasteiger partial charge in [-0.1, -0.05) is 18.2 Å². The van der Waals surface area contributed by atoms with Crippen molar-refractivity contribution in [1.82, 2.24) is 10.6 Å². The second kappa shape index (κ2) is 6.45. The first kappa shape index (κ1) is 15.8. The summed E-state index contributed by atoms with van der Waals surface area (Å²) in [4.78, 5) is 12.5. The highest BCUT2D eigenvalue weighted by Gasteiger charge is 2.33. The number of ether oxygens (including phenoxy) is 1. The average molecular weight is 292 g/mol. The summed E-state index contributed by atoms with van der Waals surface area (Å²) in [6.07, 6.45) is -0.389. The first-order chi connectivity index (χ1) is 9.96. The van der Waals surface area contributed by atoms with Crippen molar-refractivity contribution in [3.8, 4) is 5.75 Å². The normalized spacial score (nSPS) is 22.1. The topological polar surface area (TPSA) is 70.6 Å². The van der Waals surface area contributed by atoms with Crippen LogP contribution in [0.1, 0.15) is 19.4 Å². The van der Waals surface area contributed by atoms with E-state index in [4.69, 9.17) is 4.74 Å². The van der Waals surface area contributed by atoms with Gasteiger partial charge in [-0.05, 0) is 19.9 Å². The molecule has 1 fully saturated rings. The number of rotatable bonds is 5. The van der Waals surface area contributed by atoms with Gasteiger partial charge in [-0.25, -0.2) is 0 Å². The summed E-state index contributed by atoms with van der Waals surface area (Å²) < 4.78 is 5.35. The van der Waals surface area contributed by atoms with E-state index >= 15 is 0 Å². The molecule has 2 atom stereocenters. The molecule has 1 saturated heterocycles. The molecule has 1 heterocycles. The number of nitrogens with one attached hydrogen (secondary N) is 2. The van der Waals surface area contributed by atoms with E-state index in [-0.39, 0.29) is 17.9 Å². The van der Waals surface area contributed by atoms with Crippen LogP contribution in [0.3, 0.4) is 0 Å². The number of β-amino-alcohol motifs (C(OH)–C–C–N with tert-alkyl or cyclic N) is 1. The average Bonchev–Trinajstić information content (AvgIpc) is 2.89.